The number of carbonyl (C=O) groups is 1. The first kappa shape index (κ1) is 13.9. The van der Waals surface area contributed by atoms with Gasteiger partial charge in [0.2, 0.25) is 0 Å². The number of fused-ring (bicyclic) bond motifs is 1. The fraction of sp³-hybridized carbons (Fsp3) is 0.333. The molecule has 0 amide bonds. The van der Waals surface area contributed by atoms with Crippen molar-refractivity contribution >= 4 is 12.0 Å². The first-order chi connectivity index (χ1) is 9.58. The van der Waals surface area contributed by atoms with Crippen molar-refractivity contribution in [3.05, 3.63) is 28.8 Å². The summed E-state index contributed by atoms with van der Waals surface area (Å²) in [5.41, 5.74) is 1.59. The summed E-state index contributed by atoms with van der Waals surface area (Å²) < 4.78 is 15.5. The van der Waals surface area contributed by atoms with E-state index in [2.05, 4.69) is 4.74 Å². The molecule has 0 bridgehead atoms. The number of ether oxygens (including phenoxy) is 3. The minimum absolute atomic E-state index is 0.0863. The predicted octanol–water partition coefficient (Wildman–Crippen LogP) is 2.10. The van der Waals surface area contributed by atoms with Crippen LogP contribution in [0.2, 0.25) is 0 Å². The first-order valence-electron chi connectivity index (χ1n) is 6.16. The molecule has 1 unspecified atom stereocenters. The highest BCUT2D eigenvalue weighted by atomic mass is 16.5. The summed E-state index contributed by atoms with van der Waals surface area (Å²) in [4.78, 5) is 11.4. The third-order valence-corrected chi connectivity index (χ3v) is 3.07. The van der Waals surface area contributed by atoms with Crippen LogP contribution in [0.15, 0.2) is 17.7 Å². The fourth-order valence-electron chi connectivity index (χ4n) is 2.15. The van der Waals surface area contributed by atoms with Gasteiger partial charge in [-0.1, -0.05) is 0 Å². The van der Waals surface area contributed by atoms with Crippen LogP contribution >= 0.6 is 0 Å². The molecular weight excluding hydrogens is 258 g/mol. The van der Waals surface area contributed by atoms with Crippen LogP contribution in [0.5, 0.6) is 11.5 Å². The van der Waals surface area contributed by atoms with Crippen molar-refractivity contribution < 1.29 is 19.0 Å². The molecular formula is C15H15NO4. The molecule has 1 heterocycles. The number of hydrogen-bond acceptors (Lipinski definition) is 5. The maximum Gasteiger partial charge on any atom is 0.348 e. The molecule has 1 aliphatic rings. The molecule has 0 spiro atoms. The van der Waals surface area contributed by atoms with E-state index in [4.69, 9.17) is 14.7 Å². The van der Waals surface area contributed by atoms with Gasteiger partial charge in [-0.2, -0.15) is 5.26 Å². The minimum Gasteiger partial charge on any atom is -0.496 e. The number of rotatable bonds is 3. The molecule has 1 aromatic carbocycles. The van der Waals surface area contributed by atoms with Gasteiger partial charge in [0.1, 0.15) is 29.2 Å². The smallest absolute Gasteiger partial charge is 0.348 e. The first-order valence-corrected chi connectivity index (χ1v) is 6.16. The molecule has 1 aliphatic heterocycles. The van der Waals surface area contributed by atoms with Gasteiger partial charge in [-0.25, -0.2) is 4.79 Å². The van der Waals surface area contributed by atoms with Gasteiger partial charge in [0, 0.05) is 17.5 Å². The molecule has 0 aromatic heterocycles. The molecule has 5 nitrogen and oxygen atoms in total. The van der Waals surface area contributed by atoms with Crippen LogP contribution in [-0.2, 0) is 16.0 Å². The van der Waals surface area contributed by atoms with E-state index in [0.717, 1.165) is 17.7 Å². The van der Waals surface area contributed by atoms with Crippen LogP contribution < -0.4 is 9.47 Å². The van der Waals surface area contributed by atoms with Gasteiger partial charge < -0.3 is 14.2 Å². The van der Waals surface area contributed by atoms with Crippen molar-refractivity contribution in [3.8, 4) is 17.6 Å². The number of hydrogen-bond donors (Lipinski definition) is 0. The average molecular weight is 273 g/mol. The highest BCUT2D eigenvalue weighted by Gasteiger charge is 2.21. The van der Waals surface area contributed by atoms with Gasteiger partial charge in [-0.15, -0.1) is 0 Å². The molecule has 1 aromatic rings. The van der Waals surface area contributed by atoms with Crippen molar-refractivity contribution in [3.63, 3.8) is 0 Å². The van der Waals surface area contributed by atoms with Crippen LogP contribution in [0.4, 0.5) is 0 Å². The lowest BCUT2D eigenvalue weighted by Crippen LogP contribution is -2.05. The quantitative estimate of drug-likeness (QED) is 0.479. The molecule has 0 N–H and O–H groups in total. The van der Waals surface area contributed by atoms with Gasteiger partial charge in [-0.05, 0) is 25.1 Å². The molecule has 104 valence electrons. The summed E-state index contributed by atoms with van der Waals surface area (Å²) in [6.07, 6.45) is 2.37. The number of nitrogens with zero attached hydrogens (tertiary/aromatic N) is 1. The largest absolute Gasteiger partial charge is 0.496 e. The van der Waals surface area contributed by atoms with Crippen molar-refractivity contribution in [1.29, 1.82) is 5.26 Å². The molecule has 0 saturated carbocycles. The van der Waals surface area contributed by atoms with E-state index in [-0.39, 0.29) is 11.7 Å². The molecule has 0 aliphatic carbocycles. The van der Waals surface area contributed by atoms with Crippen LogP contribution in [0.1, 0.15) is 18.1 Å². The van der Waals surface area contributed by atoms with E-state index in [0.29, 0.717) is 11.3 Å². The topological polar surface area (TPSA) is 68.6 Å². The van der Waals surface area contributed by atoms with Crippen LogP contribution in [0, 0.1) is 11.3 Å². The predicted molar refractivity (Wildman–Crippen MR) is 72.4 cm³/mol. The Bertz CT molecular complexity index is 613. The molecule has 0 saturated heterocycles. The third kappa shape index (κ3) is 2.59. The maximum atomic E-state index is 11.4. The van der Waals surface area contributed by atoms with Gasteiger partial charge in [-0.3, -0.25) is 0 Å². The maximum absolute atomic E-state index is 11.4. The second kappa shape index (κ2) is 5.66. The Kier molecular flexibility index (Phi) is 3.94. The van der Waals surface area contributed by atoms with Crippen LogP contribution in [-0.4, -0.2) is 26.3 Å². The van der Waals surface area contributed by atoms with Gasteiger partial charge in [0.25, 0.3) is 0 Å². The SMILES string of the molecule is COC(=O)C(C#N)=Cc1cc2c(cc1OC)CC(C)O2. The summed E-state index contributed by atoms with van der Waals surface area (Å²) in [6.45, 7) is 1.98. The van der Waals surface area contributed by atoms with Crippen molar-refractivity contribution in [2.45, 2.75) is 19.4 Å². The standard InChI is InChI=1S/C15H15NO4/c1-9-4-10-6-13(18-2)11(7-14(10)20-9)5-12(8-16)15(17)19-3/h5-7,9H,4H2,1-3H3. The summed E-state index contributed by atoms with van der Waals surface area (Å²) in [7, 11) is 2.78. The monoisotopic (exact) mass is 273 g/mol. The van der Waals surface area contributed by atoms with E-state index in [9.17, 15) is 4.79 Å². The second-order valence-electron chi connectivity index (χ2n) is 4.50. The lowest BCUT2D eigenvalue weighted by molar-refractivity contribution is -0.135. The highest BCUT2D eigenvalue weighted by Crippen LogP contribution is 2.35. The molecule has 2 rings (SSSR count). The molecule has 1 atom stereocenters. The van der Waals surface area contributed by atoms with E-state index in [1.165, 1.54) is 13.2 Å². The lowest BCUT2D eigenvalue weighted by atomic mass is 10.0. The number of methoxy groups -OCH3 is 2. The molecule has 20 heavy (non-hydrogen) atoms. The summed E-state index contributed by atoms with van der Waals surface area (Å²) >= 11 is 0. The summed E-state index contributed by atoms with van der Waals surface area (Å²) in [5, 5.41) is 9.00. The zero-order valence-electron chi connectivity index (χ0n) is 11.6. The van der Waals surface area contributed by atoms with Crippen molar-refractivity contribution in [2.24, 2.45) is 0 Å². The van der Waals surface area contributed by atoms with Crippen LogP contribution in [0.3, 0.4) is 0 Å². The lowest BCUT2D eigenvalue weighted by Gasteiger charge is -2.08. The number of carbonyl (C=O) groups excluding carboxylic acids is 1. The number of esters is 1. The Hall–Kier alpha value is -2.48. The number of benzene rings is 1. The normalized spacial score (nSPS) is 16.9. The minimum atomic E-state index is -0.677. The highest BCUT2D eigenvalue weighted by molar-refractivity contribution is 5.98. The Morgan fingerprint density at radius 1 is 1.50 bits per heavy atom. The Morgan fingerprint density at radius 2 is 2.25 bits per heavy atom. The zero-order chi connectivity index (χ0) is 14.7. The fourth-order valence-corrected chi connectivity index (χ4v) is 2.15. The summed E-state index contributed by atoms with van der Waals surface area (Å²) in [6, 6.07) is 5.47. The van der Waals surface area contributed by atoms with E-state index in [1.807, 2.05) is 19.1 Å². The van der Waals surface area contributed by atoms with Gasteiger partial charge >= 0.3 is 5.97 Å². The second-order valence-corrected chi connectivity index (χ2v) is 4.50. The van der Waals surface area contributed by atoms with Crippen molar-refractivity contribution in [2.75, 3.05) is 14.2 Å². The Labute approximate surface area is 117 Å². The molecule has 0 fully saturated rings. The summed E-state index contributed by atoms with van der Waals surface area (Å²) in [5.74, 6) is 0.675. The average Bonchev–Trinajstić information content (AvgIpc) is 2.81. The third-order valence-electron chi connectivity index (χ3n) is 3.07. The van der Waals surface area contributed by atoms with Crippen LogP contribution in [0.25, 0.3) is 6.08 Å². The van der Waals surface area contributed by atoms with Gasteiger partial charge in [0.15, 0.2) is 0 Å². The van der Waals surface area contributed by atoms with Gasteiger partial charge in [0.05, 0.1) is 14.2 Å². The number of nitriles is 1. The molecule has 0 radical (unpaired) electrons. The zero-order valence-corrected chi connectivity index (χ0v) is 11.6. The van der Waals surface area contributed by atoms with E-state index < -0.39 is 5.97 Å². The molecule has 5 heteroatoms. The Morgan fingerprint density at radius 3 is 2.85 bits per heavy atom. The van der Waals surface area contributed by atoms with Crippen molar-refractivity contribution in [1.82, 2.24) is 0 Å². The van der Waals surface area contributed by atoms with E-state index >= 15 is 0 Å². The Balaban J connectivity index is 2.47. The van der Waals surface area contributed by atoms with E-state index in [1.54, 1.807) is 13.2 Å².